The van der Waals surface area contributed by atoms with Gasteiger partial charge in [-0.25, -0.2) is 0 Å². The molecule has 0 N–H and O–H groups in total. The molecule has 0 spiro atoms. The third-order valence-electron chi connectivity index (χ3n) is 2.79. The second kappa shape index (κ2) is 5.95. The van der Waals surface area contributed by atoms with Gasteiger partial charge in [-0.1, -0.05) is 0 Å². The van der Waals surface area contributed by atoms with E-state index < -0.39 is 16.0 Å². The Morgan fingerprint density at radius 3 is 0.895 bits per heavy atom. The first kappa shape index (κ1) is 12.3. The molecule has 0 bridgehead atoms. The monoisotopic (exact) mass is 333 g/mol. The molecule has 0 aliphatic rings. The summed E-state index contributed by atoms with van der Waals surface area (Å²) in [7, 11) is 0. The molecule has 95 valence electrons. The summed E-state index contributed by atoms with van der Waals surface area (Å²) in [6.45, 7) is 0. The first-order valence-corrected chi connectivity index (χ1v) is 8.87. The van der Waals surface area contributed by atoms with E-state index >= 15 is 0 Å². The van der Waals surface area contributed by atoms with Crippen molar-refractivity contribution in [2.24, 2.45) is 0 Å². The zero-order chi connectivity index (χ0) is 12.9. The van der Waals surface area contributed by atoms with Crippen molar-refractivity contribution < 1.29 is 16.0 Å². The Bertz CT molecular complexity index is 524. The van der Waals surface area contributed by atoms with E-state index in [-0.39, 0.29) is 0 Å². The SMILES string of the molecule is c1cc[c]([Ru]([c]2ccccc2)[c]2ccccc2)cc1. The van der Waals surface area contributed by atoms with Gasteiger partial charge in [-0.15, -0.1) is 0 Å². The van der Waals surface area contributed by atoms with Gasteiger partial charge in [-0.05, 0) is 0 Å². The fourth-order valence-electron chi connectivity index (χ4n) is 1.94. The fraction of sp³-hybridized carbons (Fsp3) is 0. The van der Waals surface area contributed by atoms with Gasteiger partial charge >= 0.3 is 119 Å². The third kappa shape index (κ3) is 2.83. The molecule has 0 aliphatic carbocycles. The number of rotatable bonds is 3. The van der Waals surface area contributed by atoms with E-state index in [1.165, 1.54) is 12.5 Å². The van der Waals surface area contributed by atoms with Crippen LogP contribution in [0.2, 0.25) is 0 Å². The summed E-state index contributed by atoms with van der Waals surface area (Å²) in [5.41, 5.74) is 0. The molecule has 0 unspecified atom stereocenters. The Labute approximate surface area is 119 Å². The van der Waals surface area contributed by atoms with Crippen molar-refractivity contribution in [2.75, 3.05) is 0 Å². The van der Waals surface area contributed by atoms with Crippen LogP contribution in [0.15, 0.2) is 91.0 Å². The van der Waals surface area contributed by atoms with Crippen molar-refractivity contribution >= 4 is 12.5 Å². The van der Waals surface area contributed by atoms with Crippen molar-refractivity contribution in [2.45, 2.75) is 0 Å². The summed E-state index contributed by atoms with van der Waals surface area (Å²) in [5, 5.41) is 0. The van der Waals surface area contributed by atoms with E-state index in [1.807, 2.05) is 0 Å². The van der Waals surface area contributed by atoms with Gasteiger partial charge in [0.15, 0.2) is 0 Å². The fourth-order valence-corrected chi connectivity index (χ4v) is 6.42. The third-order valence-corrected chi connectivity index (χ3v) is 7.54. The standard InChI is InChI=1S/3C6H5.Ru/c3*1-2-4-6-5-3-1;/h3*1-5H;. The number of benzene rings is 3. The van der Waals surface area contributed by atoms with Gasteiger partial charge in [-0.3, -0.25) is 0 Å². The quantitative estimate of drug-likeness (QED) is 0.647. The van der Waals surface area contributed by atoms with Crippen LogP contribution < -0.4 is 12.5 Å². The molecule has 0 saturated carbocycles. The summed E-state index contributed by atoms with van der Waals surface area (Å²) >= 11 is -1.36. The Kier molecular flexibility index (Phi) is 3.86. The molecule has 1 heteroatoms. The van der Waals surface area contributed by atoms with Gasteiger partial charge in [0.2, 0.25) is 0 Å². The second-order valence-corrected chi connectivity index (χ2v) is 8.42. The predicted octanol–water partition coefficient (Wildman–Crippen LogP) is 2.58. The van der Waals surface area contributed by atoms with Crippen molar-refractivity contribution in [1.29, 1.82) is 0 Å². The van der Waals surface area contributed by atoms with E-state index in [1.54, 1.807) is 0 Å². The minimum absolute atomic E-state index is 1.36. The molecule has 3 rings (SSSR count). The molecule has 3 aromatic rings. The van der Waals surface area contributed by atoms with E-state index in [0.717, 1.165) is 0 Å². The van der Waals surface area contributed by atoms with Gasteiger partial charge in [0, 0.05) is 0 Å². The molecule has 0 atom stereocenters. The first-order chi connectivity index (χ1) is 9.45. The molecular formula is C18H15Ru. The van der Waals surface area contributed by atoms with Crippen LogP contribution in [0.5, 0.6) is 0 Å². The average Bonchev–Trinajstić information content (AvgIpc) is 2.51. The van der Waals surface area contributed by atoms with Crippen molar-refractivity contribution in [3.63, 3.8) is 0 Å². The molecule has 3 aromatic carbocycles. The topological polar surface area (TPSA) is 0 Å². The number of hydrogen-bond acceptors (Lipinski definition) is 0. The van der Waals surface area contributed by atoms with E-state index in [0.29, 0.717) is 0 Å². The van der Waals surface area contributed by atoms with Crippen molar-refractivity contribution in [3.8, 4) is 0 Å². The molecular weight excluding hydrogens is 317 g/mol. The Morgan fingerprint density at radius 2 is 0.632 bits per heavy atom. The van der Waals surface area contributed by atoms with Gasteiger partial charge in [-0.2, -0.15) is 0 Å². The summed E-state index contributed by atoms with van der Waals surface area (Å²) in [6, 6.07) is 32.7. The predicted molar refractivity (Wildman–Crippen MR) is 78.2 cm³/mol. The maximum atomic E-state index is 2.26. The average molecular weight is 332 g/mol. The summed E-state index contributed by atoms with van der Waals surface area (Å²) in [4.78, 5) is 0. The molecule has 0 radical (unpaired) electrons. The molecule has 19 heavy (non-hydrogen) atoms. The van der Waals surface area contributed by atoms with Crippen LogP contribution in [0.3, 0.4) is 0 Å². The van der Waals surface area contributed by atoms with Crippen LogP contribution in [0.1, 0.15) is 0 Å². The summed E-state index contributed by atoms with van der Waals surface area (Å²) in [6.07, 6.45) is 0. The van der Waals surface area contributed by atoms with Gasteiger partial charge in [0.05, 0.1) is 0 Å². The molecule has 0 fully saturated rings. The van der Waals surface area contributed by atoms with Gasteiger partial charge in [0.25, 0.3) is 0 Å². The van der Waals surface area contributed by atoms with Gasteiger partial charge in [0.1, 0.15) is 0 Å². The van der Waals surface area contributed by atoms with Crippen LogP contribution in [-0.4, -0.2) is 0 Å². The van der Waals surface area contributed by atoms with E-state index in [4.69, 9.17) is 0 Å². The maximum absolute atomic E-state index is 2.26. The Hall–Kier alpha value is -1.72. The second-order valence-electron chi connectivity index (χ2n) is 4.11. The van der Waals surface area contributed by atoms with Crippen LogP contribution in [0, 0.1) is 0 Å². The normalized spacial score (nSPS) is 11.1. The molecule has 0 amide bonds. The van der Waals surface area contributed by atoms with Crippen LogP contribution in [0.4, 0.5) is 0 Å². The molecule has 0 nitrogen and oxygen atoms in total. The molecule has 0 heterocycles. The van der Waals surface area contributed by atoms with Gasteiger partial charge < -0.3 is 0 Å². The minimum atomic E-state index is -1.36. The van der Waals surface area contributed by atoms with Crippen molar-refractivity contribution in [1.82, 2.24) is 0 Å². The Morgan fingerprint density at radius 1 is 0.368 bits per heavy atom. The molecule has 0 aromatic heterocycles. The van der Waals surface area contributed by atoms with Crippen molar-refractivity contribution in [3.05, 3.63) is 91.0 Å². The summed E-state index contributed by atoms with van der Waals surface area (Å²) < 4.78 is 4.43. The van der Waals surface area contributed by atoms with Crippen LogP contribution in [-0.2, 0) is 16.0 Å². The van der Waals surface area contributed by atoms with Crippen LogP contribution >= 0.6 is 0 Å². The zero-order valence-electron chi connectivity index (χ0n) is 10.5. The zero-order valence-corrected chi connectivity index (χ0v) is 12.3. The van der Waals surface area contributed by atoms with Crippen LogP contribution in [0.25, 0.3) is 0 Å². The number of hydrogen-bond donors (Lipinski definition) is 0. The first-order valence-electron chi connectivity index (χ1n) is 6.26. The molecule has 0 aliphatic heterocycles. The van der Waals surface area contributed by atoms with E-state index in [2.05, 4.69) is 91.0 Å². The summed E-state index contributed by atoms with van der Waals surface area (Å²) in [5.74, 6) is 0. The Balaban J connectivity index is 2.12. The van der Waals surface area contributed by atoms with E-state index in [9.17, 15) is 0 Å². The molecule has 0 saturated heterocycles.